The van der Waals surface area contributed by atoms with Crippen molar-refractivity contribution in [1.29, 1.82) is 0 Å². The lowest BCUT2D eigenvalue weighted by Crippen LogP contribution is -2.43. The SMILES string of the molecule is C=C(NC(=O)[C@@H](C)NCC(C)C)/C(=C\C(=C/C)c1cnc2[nH]cc(-c3ccccc3)c2c1)C(=O)N(C)C. The van der Waals surface area contributed by atoms with E-state index in [4.69, 9.17) is 0 Å². The number of allylic oxidation sites excluding steroid dienone is 3. The molecule has 2 heterocycles. The van der Waals surface area contributed by atoms with E-state index in [9.17, 15) is 9.59 Å². The largest absolute Gasteiger partial charge is 0.346 e. The highest BCUT2D eigenvalue weighted by Crippen LogP contribution is 2.30. The van der Waals surface area contributed by atoms with E-state index in [1.54, 1.807) is 33.3 Å². The molecule has 7 heteroatoms. The number of fused-ring (bicyclic) bond motifs is 1. The number of benzene rings is 1. The summed E-state index contributed by atoms with van der Waals surface area (Å²) in [6.45, 7) is 12.6. The topological polar surface area (TPSA) is 90.1 Å². The average Bonchev–Trinajstić information content (AvgIpc) is 3.31. The van der Waals surface area contributed by atoms with E-state index in [2.05, 4.69) is 59.2 Å². The van der Waals surface area contributed by atoms with Gasteiger partial charge in [-0.15, -0.1) is 0 Å². The molecule has 194 valence electrons. The minimum atomic E-state index is -0.423. The predicted octanol–water partition coefficient (Wildman–Crippen LogP) is 4.91. The molecule has 1 aromatic carbocycles. The lowest BCUT2D eigenvalue weighted by molar-refractivity contribution is -0.124. The van der Waals surface area contributed by atoms with Gasteiger partial charge in [-0.25, -0.2) is 4.98 Å². The van der Waals surface area contributed by atoms with Gasteiger partial charge >= 0.3 is 0 Å². The Bertz CT molecular complexity index is 1330. The molecule has 3 rings (SSSR count). The van der Waals surface area contributed by atoms with Gasteiger partial charge in [0.05, 0.1) is 11.6 Å². The minimum absolute atomic E-state index is 0.243. The molecule has 3 aromatic rings. The van der Waals surface area contributed by atoms with Crippen LogP contribution in [0.2, 0.25) is 0 Å². The third-order valence-electron chi connectivity index (χ3n) is 6.02. The second kappa shape index (κ2) is 12.3. The van der Waals surface area contributed by atoms with Crippen molar-refractivity contribution >= 4 is 28.4 Å². The standard InChI is InChI=1S/C30H37N5O2/c1-8-22(24-15-26-27(18-33-28(26)32-17-24)23-12-10-9-11-13-23)14-25(30(37)35(6)7)20(4)34-29(36)21(5)31-16-19(2)3/h8-15,17-19,21,31H,4,16H2,1-3,5-7H3,(H,32,33)(H,34,36)/b22-8+,25-14+/t21-/m1/s1. The second-order valence-electron chi connectivity index (χ2n) is 9.68. The van der Waals surface area contributed by atoms with Crippen LogP contribution in [-0.4, -0.2) is 53.4 Å². The smallest absolute Gasteiger partial charge is 0.255 e. The molecule has 2 amide bonds. The van der Waals surface area contributed by atoms with Crippen LogP contribution in [0.25, 0.3) is 27.7 Å². The number of nitrogens with one attached hydrogen (secondary N) is 3. The lowest BCUT2D eigenvalue weighted by atomic mass is 9.99. The highest BCUT2D eigenvalue weighted by atomic mass is 16.2. The molecule has 7 nitrogen and oxygen atoms in total. The van der Waals surface area contributed by atoms with Gasteiger partial charge in [0.2, 0.25) is 5.91 Å². The highest BCUT2D eigenvalue weighted by molar-refractivity contribution is 6.02. The molecule has 3 N–H and O–H groups in total. The van der Waals surface area contributed by atoms with Gasteiger partial charge in [0.15, 0.2) is 0 Å². The first-order valence-corrected chi connectivity index (χ1v) is 12.5. The molecule has 1 atom stereocenters. The maximum atomic E-state index is 13.1. The molecule has 0 fully saturated rings. The number of aromatic nitrogens is 2. The second-order valence-corrected chi connectivity index (χ2v) is 9.68. The van der Waals surface area contributed by atoms with E-state index in [-0.39, 0.29) is 17.5 Å². The molecule has 0 aliphatic heterocycles. The molecular weight excluding hydrogens is 462 g/mol. The van der Waals surface area contributed by atoms with Crippen molar-refractivity contribution in [3.05, 3.63) is 84.4 Å². The van der Waals surface area contributed by atoms with E-state index in [1.165, 1.54) is 4.90 Å². The zero-order valence-electron chi connectivity index (χ0n) is 22.6. The first kappa shape index (κ1) is 27.6. The van der Waals surface area contributed by atoms with Crippen molar-refractivity contribution in [3.63, 3.8) is 0 Å². The quantitative estimate of drug-likeness (QED) is 0.273. The van der Waals surface area contributed by atoms with Gasteiger partial charge in [0, 0.05) is 48.7 Å². The van der Waals surface area contributed by atoms with Crippen molar-refractivity contribution in [1.82, 2.24) is 25.5 Å². The summed E-state index contributed by atoms with van der Waals surface area (Å²) in [7, 11) is 3.35. The van der Waals surface area contributed by atoms with Crippen molar-refractivity contribution in [2.45, 2.75) is 33.7 Å². The molecule has 37 heavy (non-hydrogen) atoms. The minimum Gasteiger partial charge on any atom is -0.346 e. The summed E-state index contributed by atoms with van der Waals surface area (Å²) in [6.07, 6.45) is 7.41. The van der Waals surface area contributed by atoms with E-state index in [0.29, 0.717) is 18.0 Å². The normalized spacial score (nSPS) is 13.1. The van der Waals surface area contributed by atoms with Crippen LogP contribution in [0.1, 0.15) is 33.3 Å². The van der Waals surface area contributed by atoms with Crippen LogP contribution in [0.4, 0.5) is 0 Å². The third kappa shape index (κ3) is 6.83. The van der Waals surface area contributed by atoms with Crippen LogP contribution in [0.5, 0.6) is 0 Å². The molecule has 0 aliphatic rings. The summed E-state index contributed by atoms with van der Waals surface area (Å²) < 4.78 is 0. The maximum Gasteiger partial charge on any atom is 0.255 e. The van der Waals surface area contributed by atoms with Crippen LogP contribution in [-0.2, 0) is 9.59 Å². The zero-order valence-corrected chi connectivity index (χ0v) is 22.6. The Morgan fingerprint density at radius 1 is 1.16 bits per heavy atom. The summed E-state index contributed by atoms with van der Waals surface area (Å²) in [5.41, 5.74) is 5.12. The fourth-order valence-corrected chi connectivity index (χ4v) is 3.85. The number of likely N-dealkylation sites (N-methyl/N-ethyl adjacent to an activating group) is 1. The van der Waals surface area contributed by atoms with Crippen molar-refractivity contribution in [3.8, 4) is 11.1 Å². The summed E-state index contributed by atoms with van der Waals surface area (Å²) in [6, 6.07) is 11.7. The van der Waals surface area contributed by atoms with Crippen molar-refractivity contribution in [2.75, 3.05) is 20.6 Å². The van der Waals surface area contributed by atoms with Crippen molar-refractivity contribution in [2.24, 2.45) is 5.92 Å². The van der Waals surface area contributed by atoms with E-state index in [1.807, 2.05) is 37.4 Å². The van der Waals surface area contributed by atoms with E-state index < -0.39 is 6.04 Å². The van der Waals surface area contributed by atoms with Gasteiger partial charge in [0.25, 0.3) is 5.91 Å². The molecule has 0 unspecified atom stereocenters. The number of aromatic amines is 1. The zero-order chi connectivity index (χ0) is 27.1. The van der Waals surface area contributed by atoms with Gasteiger partial charge in [-0.1, -0.05) is 56.8 Å². The molecule has 0 saturated carbocycles. The van der Waals surface area contributed by atoms with Gasteiger partial charge in [-0.2, -0.15) is 0 Å². The van der Waals surface area contributed by atoms with E-state index >= 15 is 0 Å². The number of carbonyl (C=O) groups excluding carboxylic acids is 2. The van der Waals surface area contributed by atoms with Gasteiger partial charge in [-0.3, -0.25) is 9.59 Å². The highest BCUT2D eigenvalue weighted by Gasteiger charge is 2.21. The number of amides is 2. The maximum absolute atomic E-state index is 13.1. The van der Waals surface area contributed by atoms with Gasteiger partial charge < -0.3 is 20.5 Å². The molecular formula is C30H37N5O2. The Morgan fingerprint density at radius 3 is 2.49 bits per heavy atom. The number of carbonyl (C=O) groups is 2. The number of H-pyrrole nitrogens is 1. The van der Waals surface area contributed by atoms with Gasteiger partial charge in [0.1, 0.15) is 5.65 Å². The van der Waals surface area contributed by atoms with Crippen LogP contribution < -0.4 is 10.6 Å². The molecule has 0 saturated heterocycles. The summed E-state index contributed by atoms with van der Waals surface area (Å²) >= 11 is 0. The number of hydrogen-bond donors (Lipinski definition) is 3. The van der Waals surface area contributed by atoms with Crippen LogP contribution in [0.15, 0.2) is 78.8 Å². The molecule has 0 spiro atoms. The number of pyridine rings is 1. The molecule has 2 aromatic heterocycles. The third-order valence-corrected chi connectivity index (χ3v) is 6.02. The van der Waals surface area contributed by atoms with Crippen LogP contribution in [0, 0.1) is 5.92 Å². The number of hydrogen-bond acceptors (Lipinski definition) is 4. The number of nitrogens with zero attached hydrogens (tertiary/aromatic N) is 2. The fraction of sp³-hybridized carbons (Fsp3) is 0.300. The van der Waals surface area contributed by atoms with Crippen LogP contribution >= 0.6 is 0 Å². The first-order valence-electron chi connectivity index (χ1n) is 12.5. The van der Waals surface area contributed by atoms with Crippen LogP contribution in [0.3, 0.4) is 0 Å². The predicted molar refractivity (Wildman–Crippen MR) is 152 cm³/mol. The summed E-state index contributed by atoms with van der Waals surface area (Å²) in [5.74, 6) is -0.0870. The Labute approximate surface area is 219 Å². The van der Waals surface area contributed by atoms with Gasteiger partial charge in [-0.05, 0) is 49.6 Å². The molecule has 0 bridgehead atoms. The molecule has 0 radical (unpaired) electrons. The average molecular weight is 500 g/mol. The number of rotatable bonds is 10. The Hall–Kier alpha value is -3.97. The van der Waals surface area contributed by atoms with E-state index in [0.717, 1.165) is 33.3 Å². The Balaban J connectivity index is 1.95. The Morgan fingerprint density at radius 2 is 1.86 bits per heavy atom. The summed E-state index contributed by atoms with van der Waals surface area (Å²) in [5, 5.41) is 7.00. The van der Waals surface area contributed by atoms with Crippen molar-refractivity contribution < 1.29 is 9.59 Å². The molecule has 0 aliphatic carbocycles. The summed E-state index contributed by atoms with van der Waals surface area (Å²) in [4.78, 5) is 35.2. The Kier molecular flexibility index (Phi) is 9.20. The fourth-order valence-electron chi connectivity index (χ4n) is 3.85. The lowest BCUT2D eigenvalue weighted by Gasteiger charge is -2.20. The first-order chi connectivity index (χ1) is 17.6. The monoisotopic (exact) mass is 499 g/mol.